The average Bonchev–Trinajstić information content (AvgIpc) is 3.14. The average molecular weight is 436 g/mol. The van der Waals surface area contributed by atoms with E-state index in [1.54, 1.807) is 6.08 Å². The Hall–Kier alpha value is -1.63. The summed E-state index contributed by atoms with van der Waals surface area (Å²) in [5.41, 5.74) is 1.53. The Morgan fingerprint density at radius 3 is 2.42 bits per heavy atom. The van der Waals surface area contributed by atoms with Gasteiger partial charge in [-0.3, -0.25) is 9.98 Å². The van der Waals surface area contributed by atoms with Gasteiger partial charge in [0.2, 0.25) is 5.92 Å². The van der Waals surface area contributed by atoms with Crippen molar-refractivity contribution in [2.24, 2.45) is 15.9 Å². The predicted octanol–water partition coefficient (Wildman–Crippen LogP) is 4.90. The summed E-state index contributed by atoms with van der Waals surface area (Å²) in [6.07, 6.45) is 7.46. The van der Waals surface area contributed by atoms with Gasteiger partial charge in [0.25, 0.3) is 0 Å². The van der Waals surface area contributed by atoms with E-state index in [4.69, 9.17) is 14.7 Å². The largest absolute Gasteiger partial charge is 0.375 e. The maximum Gasteiger partial charge on any atom is 0.245 e. The Kier molecular flexibility index (Phi) is 5.31. The SMILES string of the molecule is C=CC1N=C(N2C3CC4CC2CC(C3)O4)C2N=C(CCC(C)(F)F)C=C2C1C(F)CC. The zero-order valence-corrected chi connectivity index (χ0v) is 18.3. The van der Waals surface area contributed by atoms with Crippen LogP contribution in [-0.4, -0.2) is 64.9 Å². The highest BCUT2D eigenvalue weighted by molar-refractivity contribution is 6.05. The molecule has 0 saturated carbocycles. The molecule has 0 aromatic carbocycles. The first-order valence-corrected chi connectivity index (χ1v) is 11.7. The first-order chi connectivity index (χ1) is 14.8. The van der Waals surface area contributed by atoms with Crippen LogP contribution in [0.15, 0.2) is 34.3 Å². The molecule has 0 radical (unpaired) electrons. The number of fused-ring (bicyclic) bond motifs is 1. The smallest absolute Gasteiger partial charge is 0.245 e. The van der Waals surface area contributed by atoms with Crippen molar-refractivity contribution in [2.75, 3.05) is 0 Å². The van der Waals surface area contributed by atoms with E-state index < -0.39 is 18.0 Å². The van der Waals surface area contributed by atoms with Gasteiger partial charge in [-0.2, -0.15) is 0 Å². The van der Waals surface area contributed by atoms with Gasteiger partial charge in [0.05, 0.1) is 18.2 Å². The molecule has 6 aliphatic rings. The quantitative estimate of drug-likeness (QED) is 0.557. The van der Waals surface area contributed by atoms with Crippen LogP contribution in [-0.2, 0) is 4.74 Å². The van der Waals surface area contributed by atoms with Gasteiger partial charge in [-0.05, 0) is 57.1 Å². The van der Waals surface area contributed by atoms with E-state index >= 15 is 4.39 Å². The second-order valence-electron chi connectivity index (χ2n) is 9.94. The second kappa shape index (κ2) is 7.75. The number of amidine groups is 1. The highest BCUT2D eigenvalue weighted by Gasteiger charge is 2.52. The number of aliphatic imine (C=N–C) groups is 2. The molecule has 7 heteroatoms. The fraction of sp³-hybridized carbons (Fsp3) is 0.750. The van der Waals surface area contributed by atoms with E-state index in [2.05, 4.69) is 11.5 Å². The molecule has 170 valence electrons. The van der Waals surface area contributed by atoms with Crippen molar-refractivity contribution in [2.45, 2.75) is 107 Å². The number of halogens is 3. The first-order valence-electron chi connectivity index (χ1n) is 11.7. The molecule has 0 spiro atoms. The van der Waals surface area contributed by atoms with Crippen LogP contribution in [0.25, 0.3) is 0 Å². The number of ether oxygens (including phenoxy) is 1. The van der Waals surface area contributed by atoms with E-state index in [-0.39, 0.29) is 24.9 Å². The van der Waals surface area contributed by atoms with Crippen LogP contribution in [0.3, 0.4) is 0 Å². The Bertz CT molecular complexity index is 802. The van der Waals surface area contributed by atoms with Crippen LogP contribution in [0.2, 0.25) is 0 Å². The summed E-state index contributed by atoms with van der Waals surface area (Å²) in [6.45, 7) is 6.71. The molecule has 0 amide bonds. The zero-order valence-electron chi connectivity index (χ0n) is 18.3. The Morgan fingerprint density at radius 1 is 1.23 bits per heavy atom. The van der Waals surface area contributed by atoms with Gasteiger partial charge in [-0.15, -0.1) is 6.58 Å². The summed E-state index contributed by atoms with van der Waals surface area (Å²) in [5.74, 6) is -2.28. The minimum absolute atomic E-state index is 0.191. The third-order valence-electron chi connectivity index (χ3n) is 7.64. The summed E-state index contributed by atoms with van der Waals surface area (Å²) >= 11 is 0. The predicted molar refractivity (Wildman–Crippen MR) is 116 cm³/mol. The highest BCUT2D eigenvalue weighted by atomic mass is 19.3. The van der Waals surface area contributed by atoms with Gasteiger partial charge in [0.15, 0.2) is 0 Å². The molecule has 0 aromatic rings. The Balaban J connectivity index is 1.50. The lowest BCUT2D eigenvalue weighted by atomic mass is 9.75. The molecule has 31 heavy (non-hydrogen) atoms. The van der Waals surface area contributed by atoms with Gasteiger partial charge in [-0.1, -0.05) is 13.0 Å². The van der Waals surface area contributed by atoms with Gasteiger partial charge in [0.1, 0.15) is 18.0 Å². The van der Waals surface area contributed by atoms with Gasteiger partial charge >= 0.3 is 0 Å². The van der Waals surface area contributed by atoms with E-state index in [0.29, 0.717) is 36.4 Å². The summed E-state index contributed by atoms with van der Waals surface area (Å²) < 4.78 is 48.2. The molecule has 6 heterocycles. The van der Waals surface area contributed by atoms with Crippen LogP contribution in [0.5, 0.6) is 0 Å². The number of piperidine rings is 2. The van der Waals surface area contributed by atoms with Gasteiger partial charge < -0.3 is 9.64 Å². The molecule has 4 bridgehead atoms. The lowest BCUT2D eigenvalue weighted by Gasteiger charge is -2.58. The molecule has 4 saturated heterocycles. The van der Waals surface area contributed by atoms with Crippen LogP contribution in [0, 0.1) is 5.92 Å². The lowest BCUT2D eigenvalue weighted by Crippen LogP contribution is -2.66. The minimum atomic E-state index is -2.74. The number of allylic oxidation sites excluding steroid dienone is 1. The highest BCUT2D eigenvalue weighted by Crippen LogP contribution is 2.46. The Labute approximate surface area is 182 Å². The second-order valence-corrected chi connectivity index (χ2v) is 9.94. The van der Waals surface area contributed by atoms with Crippen molar-refractivity contribution < 1.29 is 17.9 Å². The lowest BCUT2D eigenvalue weighted by molar-refractivity contribution is -0.164. The van der Waals surface area contributed by atoms with Crippen LogP contribution in [0.4, 0.5) is 13.2 Å². The fourth-order valence-electron chi connectivity index (χ4n) is 6.32. The van der Waals surface area contributed by atoms with E-state index in [1.807, 2.05) is 13.0 Å². The van der Waals surface area contributed by atoms with E-state index in [0.717, 1.165) is 44.0 Å². The van der Waals surface area contributed by atoms with E-state index in [1.165, 1.54) is 0 Å². The van der Waals surface area contributed by atoms with Crippen molar-refractivity contribution in [3.8, 4) is 0 Å². The third kappa shape index (κ3) is 3.77. The monoisotopic (exact) mass is 435 g/mol. The zero-order chi connectivity index (χ0) is 21.9. The number of hydrogen-bond donors (Lipinski definition) is 0. The molecular weight excluding hydrogens is 403 g/mol. The summed E-state index contributed by atoms with van der Waals surface area (Å²) in [6, 6.07) is 0.0163. The van der Waals surface area contributed by atoms with Crippen molar-refractivity contribution >= 4 is 11.5 Å². The molecular formula is C24H32F3N3O. The minimum Gasteiger partial charge on any atom is -0.375 e. The normalized spacial score (nSPS) is 39.7. The Morgan fingerprint density at radius 2 is 1.87 bits per heavy atom. The maximum atomic E-state index is 15.1. The van der Waals surface area contributed by atoms with Crippen molar-refractivity contribution in [3.63, 3.8) is 0 Å². The van der Waals surface area contributed by atoms with Crippen molar-refractivity contribution in [1.29, 1.82) is 0 Å². The molecule has 4 atom stereocenters. The number of alkyl halides is 3. The standard InChI is InChI=1S/C24H32F3N3O/c1-4-19(25)21-18-8-13(6-7-24(3,26)27)28-22(18)23(29-20(21)5-2)30-14-9-16-11-15(30)12-17(10-14)31-16/h5,8,14-17,19-22H,2,4,6-7,9-12H2,1,3H3. The van der Waals surface area contributed by atoms with Crippen LogP contribution in [0.1, 0.15) is 58.8 Å². The molecule has 0 N–H and O–H groups in total. The van der Waals surface area contributed by atoms with Gasteiger partial charge in [-0.25, -0.2) is 13.2 Å². The molecule has 6 rings (SSSR count). The molecule has 0 aliphatic carbocycles. The molecule has 4 unspecified atom stereocenters. The summed E-state index contributed by atoms with van der Waals surface area (Å²) in [7, 11) is 0. The number of hydrogen-bond acceptors (Lipinski definition) is 4. The van der Waals surface area contributed by atoms with E-state index in [9.17, 15) is 8.78 Å². The van der Waals surface area contributed by atoms with Crippen LogP contribution >= 0.6 is 0 Å². The van der Waals surface area contributed by atoms with Crippen LogP contribution < -0.4 is 0 Å². The first kappa shape index (κ1) is 21.2. The topological polar surface area (TPSA) is 37.2 Å². The molecule has 0 aromatic heterocycles. The molecule has 4 fully saturated rings. The van der Waals surface area contributed by atoms with Gasteiger partial charge in [0, 0.05) is 30.1 Å². The summed E-state index contributed by atoms with van der Waals surface area (Å²) in [4.78, 5) is 12.3. The molecule has 4 nitrogen and oxygen atoms in total. The maximum absolute atomic E-state index is 15.1. The third-order valence-corrected chi connectivity index (χ3v) is 7.64. The van der Waals surface area contributed by atoms with Crippen molar-refractivity contribution in [1.82, 2.24) is 4.90 Å². The number of nitrogens with zero attached hydrogens (tertiary/aromatic N) is 3. The number of rotatable bonds is 6. The summed E-state index contributed by atoms with van der Waals surface area (Å²) in [5, 5.41) is 0. The fourth-order valence-corrected chi connectivity index (χ4v) is 6.32. The van der Waals surface area contributed by atoms with Crippen molar-refractivity contribution in [3.05, 3.63) is 24.3 Å². The molecule has 6 aliphatic heterocycles.